The maximum Gasteiger partial charge on any atom is 0.269 e. The Kier molecular flexibility index (Phi) is 5.22. The van der Waals surface area contributed by atoms with Gasteiger partial charge < -0.3 is 18.8 Å². The molecule has 0 aliphatic rings. The smallest absolute Gasteiger partial charge is 0.269 e. The molecule has 8 nitrogen and oxygen atoms in total. The molecule has 1 atom stereocenters. The lowest BCUT2D eigenvalue weighted by Gasteiger charge is -2.14. The lowest BCUT2D eigenvalue weighted by Crippen LogP contribution is -2.22. The van der Waals surface area contributed by atoms with Crippen LogP contribution >= 0.6 is 0 Å². The maximum atomic E-state index is 10.7. The van der Waals surface area contributed by atoms with Crippen molar-refractivity contribution in [3.05, 3.63) is 70.9 Å². The topological polar surface area (TPSA) is 104 Å². The van der Waals surface area contributed by atoms with E-state index >= 15 is 0 Å². The molecule has 25 heavy (non-hydrogen) atoms. The molecule has 1 N–H and O–H groups in total. The fourth-order valence-electron chi connectivity index (χ4n) is 2.42. The van der Waals surface area contributed by atoms with Crippen molar-refractivity contribution < 1.29 is 19.2 Å². The Hall–Kier alpha value is -2.97. The molecule has 0 bridgehead atoms. The van der Waals surface area contributed by atoms with Gasteiger partial charge in [0.1, 0.15) is 18.2 Å². The van der Waals surface area contributed by atoms with Crippen LogP contribution in [0.25, 0.3) is 11.4 Å². The Labute approximate surface area is 143 Å². The number of aliphatic hydroxyl groups is 1. The summed E-state index contributed by atoms with van der Waals surface area (Å²) in [7, 11) is 0. The van der Waals surface area contributed by atoms with E-state index in [4.69, 9.17) is 9.15 Å². The molecule has 0 radical (unpaired) electrons. The van der Waals surface area contributed by atoms with E-state index in [-0.39, 0.29) is 12.3 Å². The average Bonchev–Trinajstić information content (AvgIpc) is 3.27. The minimum atomic E-state index is -0.721. The first-order valence-electron chi connectivity index (χ1n) is 7.67. The molecule has 0 aliphatic carbocycles. The molecule has 0 fully saturated rings. The summed E-state index contributed by atoms with van der Waals surface area (Å²) in [4.78, 5) is 14.5. The van der Waals surface area contributed by atoms with Gasteiger partial charge in [0.2, 0.25) is 0 Å². The van der Waals surface area contributed by atoms with Crippen molar-refractivity contribution in [2.75, 3.05) is 6.61 Å². The highest BCUT2D eigenvalue weighted by Gasteiger charge is 2.12. The first-order valence-corrected chi connectivity index (χ1v) is 7.67. The lowest BCUT2D eigenvalue weighted by atomic mass is 10.2. The fraction of sp³-hybridized carbons (Fsp3) is 0.235. The first-order chi connectivity index (χ1) is 12.1. The molecule has 130 valence electrons. The monoisotopic (exact) mass is 343 g/mol. The summed E-state index contributed by atoms with van der Waals surface area (Å²) in [5.41, 5.74) is 0.757. The normalized spacial score (nSPS) is 12.2. The zero-order valence-electron chi connectivity index (χ0n) is 13.3. The third-order valence-electron chi connectivity index (χ3n) is 3.59. The lowest BCUT2D eigenvalue weighted by molar-refractivity contribution is -0.384. The van der Waals surface area contributed by atoms with Gasteiger partial charge in [0.25, 0.3) is 5.69 Å². The summed E-state index contributed by atoms with van der Waals surface area (Å²) in [6.45, 7) is 0.742. The van der Waals surface area contributed by atoms with Crippen molar-refractivity contribution in [2.45, 2.75) is 19.3 Å². The van der Waals surface area contributed by atoms with Crippen molar-refractivity contribution in [1.29, 1.82) is 0 Å². The number of nitro groups is 1. The minimum Gasteiger partial charge on any atom is -0.467 e. The SMILES string of the molecule is O=[N+]([O-])c1ccc(-c2nccn2CC(O)COCc2ccco2)cc1. The molecule has 2 heterocycles. The second kappa shape index (κ2) is 7.73. The van der Waals surface area contributed by atoms with Gasteiger partial charge in [-0.2, -0.15) is 0 Å². The Balaban J connectivity index is 1.60. The molecule has 0 spiro atoms. The van der Waals surface area contributed by atoms with Gasteiger partial charge in [0.05, 0.1) is 30.4 Å². The number of hydrogen-bond acceptors (Lipinski definition) is 6. The number of aromatic nitrogens is 2. The number of hydrogen-bond donors (Lipinski definition) is 1. The van der Waals surface area contributed by atoms with Crippen molar-refractivity contribution in [3.63, 3.8) is 0 Å². The number of nitrogens with zero attached hydrogens (tertiary/aromatic N) is 3. The number of furan rings is 1. The molecule has 1 aromatic carbocycles. The second-order valence-electron chi connectivity index (χ2n) is 5.46. The van der Waals surface area contributed by atoms with Gasteiger partial charge in [0, 0.05) is 30.1 Å². The highest BCUT2D eigenvalue weighted by Crippen LogP contribution is 2.21. The van der Waals surface area contributed by atoms with Crippen LogP contribution in [0.2, 0.25) is 0 Å². The van der Waals surface area contributed by atoms with Gasteiger partial charge in [-0.15, -0.1) is 0 Å². The van der Waals surface area contributed by atoms with Gasteiger partial charge >= 0.3 is 0 Å². The number of ether oxygens (including phenoxy) is 1. The Bertz CT molecular complexity index is 811. The van der Waals surface area contributed by atoms with Crippen LogP contribution in [0.5, 0.6) is 0 Å². The van der Waals surface area contributed by atoms with Gasteiger partial charge in [-0.3, -0.25) is 10.1 Å². The molecule has 0 aliphatic heterocycles. The van der Waals surface area contributed by atoms with Gasteiger partial charge in [-0.1, -0.05) is 0 Å². The summed E-state index contributed by atoms with van der Waals surface area (Å²) in [6, 6.07) is 9.70. The molecule has 2 aromatic heterocycles. The molecule has 0 amide bonds. The van der Waals surface area contributed by atoms with Crippen LogP contribution < -0.4 is 0 Å². The van der Waals surface area contributed by atoms with E-state index in [2.05, 4.69) is 4.98 Å². The molecular formula is C17H17N3O5. The zero-order valence-corrected chi connectivity index (χ0v) is 13.3. The Morgan fingerprint density at radius 1 is 1.32 bits per heavy atom. The number of imidazole rings is 1. The predicted molar refractivity (Wildman–Crippen MR) is 88.7 cm³/mol. The van der Waals surface area contributed by atoms with E-state index in [0.29, 0.717) is 24.7 Å². The fourth-order valence-corrected chi connectivity index (χ4v) is 2.42. The number of aliphatic hydroxyl groups excluding tert-OH is 1. The van der Waals surface area contributed by atoms with Crippen LogP contribution in [0.4, 0.5) is 5.69 Å². The molecule has 8 heteroatoms. The highest BCUT2D eigenvalue weighted by atomic mass is 16.6. The molecule has 3 aromatic rings. The van der Waals surface area contributed by atoms with Crippen molar-refractivity contribution in [2.24, 2.45) is 0 Å². The average molecular weight is 343 g/mol. The van der Waals surface area contributed by atoms with E-state index in [1.165, 1.54) is 12.1 Å². The predicted octanol–water partition coefficient (Wildman–Crippen LogP) is 2.63. The van der Waals surface area contributed by atoms with Crippen LogP contribution in [-0.4, -0.2) is 32.3 Å². The minimum absolute atomic E-state index is 0.0215. The summed E-state index contributed by atoms with van der Waals surface area (Å²) < 4.78 is 12.4. The van der Waals surface area contributed by atoms with Crippen LogP contribution in [-0.2, 0) is 17.9 Å². The van der Waals surface area contributed by atoms with E-state index in [1.54, 1.807) is 47.5 Å². The van der Waals surface area contributed by atoms with Crippen LogP contribution in [0.3, 0.4) is 0 Å². The van der Waals surface area contributed by atoms with E-state index in [0.717, 1.165) is 5.56 Å². The summed E-state index contributed by atoms with van der Waals surface area (Å²) in [5.74, 6) is 1.32. The number of non-ortho nitro benzene ring substituents is 1. The maximum absolute atomic E-state index is 10.7. The van der Waals surface area contributed by atoms with E-state index in [9.17, 15) is 15.2 Å². The van der Waals surface area contributed by atoms with E-state index < -0.39 is 11.0 Å². The molecular weight excluding hydrogens is 326 g/mol. The summed E-state index contributed by atoms with van der Waals surface area (Å²) in [6.07, 6.45) is 4.21. The molecule has 0 saturated carbocycles. The molecule has 1 unspecified atom stereocenters. The van der Waals surface area contributed by atoms with Crippen molar-refractivity contribution in [1.82, 2.24) is 9.55 Å². The highest BCUT2D eigenvalue weighted by molar-refractivity contribution is 5.57. The third kappa shape index (κ3) is 4.31. The van der Waals surface area contributed by atoms with Crippen LogP contribution in [0.1, 0.15) is 5.76 Å². The third-order valence-corrected chi connectivity index (χ3v) is 3.59. The van der Waals surface area contributed by atoms with Crippen LogP contribution in [0.15, 0.2) is 59.5 Å². The number of benzene rings is 1. The summed E-state index contributed by atoms with van der Waals surface area (Å²) >= 11 is 0. The van der Waals surface area contributed by atoms with Crippen molar-refractivity contribution >= 4 is 5.69 Å². The number of rotatable bonds is 8. The first kappa shape index (κ1) is 16.9. The van der Waals surface area contributed by atoms with E-state index in [1.807, 2.05) is 0 Å². The Morgan fingerprint density at radius 3 is 2.80 bits per heavy atom. The van der Waals surface area contributed by atoms with Crippen molar-refractivity contribution in [3.8, 4) is 11.4 Å². The summed E-state index contributed by atoms with van der Waals surface area (Å²) in [5, 5.41) is 20.9. The quantitative estimate of drug-likeness (QED) is 0.498. The molecule has 3 rings (SSSR count). The standard InChI is InChI=1S/C17H17N3O5/c21-15(11-24-12-16-2-1-9-25-16)10-19-8-7-18-17(19)13-3-5-14(6-4-13)20(22)23/h1-9,15,21H,10-12H2. The van der Waals surface area contributed by atoms with Crippen LogP contribution in [0, 0.1) is 10.1 Å². The zero-order chi connectivity index (χ0) is 17.6. The molecule has 0 saturated heterocycles. The Morgan fingerprint density at radius 2 is 2.12 bits per heavy atom. The second-order valence-corrected chi connectivity index (χ2v) is 5.46. The largest absolute Gasteiger partial charge is 0.467 e. The van der Waals surface area contributed by atoms with Gasteiger partial charge in [0.15, 0.2) is 0 Å². The number of nitro benzene ring substituents is 1. The van der Waals surface area contributed by atoms with Gasteiger partial charge in [-0.05, 0) is 24.3 Å². The van der Waals surface area contributed by atoms with Gasteiger partial charge in [-0.25, -0.2) is 4.98 Å².